The Morgan fingerprint density at radius 2 is 2.10 bits per heavy atom. The van der Waals surface area contributed by atoms with Gasteiger partial charge in [0.25, 0.3) is 0 Å². The minimum Gasteiger partial charge on any atom is -0.496 e. The van der Waals surface area contributed by atoms with Crippen molar-refractivity contribution in [2.75, 3.05) is 7.11 Å². The van der Waals surface area contributed by atoms with E-state index in [-0.39, 0.29) is 0 Å². The molecule has 4 heteroatoms. The highest BCUT2D eigenvalue weighted by atomic mass is 16.5. The molecule has 1 aromatic heterocycles. The molecule has 0 N–H and O–H groups in total. The number of aromatic nitrogens is 2. The lowest BCUT2D eigenvalue weighted by Gasteiger charge is -2.16. The third-order valence-corrected chi connectivity index (χ3v) is 3.48. The highest BCUT2D eigenvalue weighted by Gasteiger charge is 2.22. The van der Waals surface area contributed by atoms with E-state index >= 15 is 0 Å². The number of hydrogen-bond donors (Lipinski definition) is 0. The summed E-state index contributed by atoms with van der Waals surface area (Å²) in [5.41, 5.74) is 2.05. The van der Waals surface area contributed by atoms with Gasteiger partial charge < -0.3 is 9.30 Å². The molecule has 1 heterocycles. The minimum atomic E-state index is -0.425. The fraction of sp³-hybridized carbons (Fsp3) is 0.375. The zero-order valence-electron chi connectivity index (χ0n) is 12.3. The van der Waals surface area contributed by atoms with Crippen molar-refractivity contribution in [3.05, 3.63) is 47.5 Å². The fourth-order valence-corrected chi connectivity index (χ4v) is 2.25. The van der Waals surface area contributed by atoms with E-state index in [2.05, 4.69) is 31.0 Å². The Balaban J connectivity index is 2.51. The number of rotatable bonds is 4. The molecule has 0 aliphatic heterocycles. The van der Waals surface area contributed by atoms with E-state index in [1.54, 1.807) is 13.3 Å². The van der Waals surface area contributed by atoms with Gasteiger partial charge in [0.1, 0.15) is 17.5 Å². The number of methoxy groups -OCH3 is 1. The van der Waals surface area contributed by atoms with E-state index in [9.17, 15) is 5.26 Å². The normalized spacial score (nSPS) is 12.2. The summed E-state index contributed by atoms with van der Waals surface area (Å²) >= 11 is 0. The molecule has 0 fully saturated rings. The van der Waals surface area contributed by atoms with Crippen LogP contribution < -0.4 is 4.74 Å². The van der Waals surface area contributed by atoms with Crippen molar-refractivity contribution in [2.45, 2.75) is 25.7 Å². The van der Waals surface area contributed by atoms with Crippen LogP contribution in [-0.4, -0.2) is 16.7 Å². The Morgan fingerprint density at radius 1 is 1.35 bits per heavy atom. The third kappa shape index (κ3) is 2.53. The highest BCUT2D eigenvalue weighted by molar-refractivity contribution is 5.46. The van der Waals surface area contributed by atoms with Gasteiger partial charge in [0.05, 0.1) is 13.2 Å². The molecule has 0 spiro atoms. The van der Waals surface area contributed by atoms with Gasteiger partial charge in [-0.15, -0.1) is 0 Å². The number of benzene rings is 1. The Labute approximate surface area is 119 Å². The van der Waals surface area contributed by atoms with Crippen molar-refractivity contribution in [3.63, 3.8) is 0 Å². The van der Waals surface area contributed by atoms with Gasteiger partial charge in [0, 0.05) is 25.0 Å². The standard InChI is InChI=1S/C16H19N3O/c1-11(2)12-5-6-13(15(9-12)20-4)14(10-17)16-18-7-8-19(16)3/h5-9,11,14H,1-4H3. The lowest BCUT2D eigenvalue weighted by molar-refractivity contribution is 0.408. The van der Waals surface area contributed by atoms with Gasteiger partial charge in [-0.2, -0.15) is 5.26 Å². The quantitative estimate of drug-likeness (QED) is 0.856. The van der Waals surface area contributed by atoms with Gasteiger partial charge in [0.15, 0.2) is 0 Å². The van der Waals surface area contributed by atoms with Gasteiger partial charge in [-0.1, -0.05) is 26.0 Å². The Hall–Kier alpha value is -2.28. The molecule has 0 saturated carbocycles. The van der Waals surface area contributed by atoms with E-state index in [1.807, 2.05) is 29.9 Å². The second kappa shape index (κ2) is 5.79. The summed E-state index contributed by atoms with van der Waals surface area (Å²) in [4.78, 5) is 4.28. The molecule has 4 nitrogen and oxygen atoms in total. The average molecular weight is 269 g/mol. The van der Waals surface area contributed by atoms with E-state index < -0.39 is 5.92 Å². The molecular formula is C16H19N3O. The maximum absolute atomic E-state index is 9.52. The molecule has 104 valence electrons. The van der Waals surface area contributed by atoms with Crippen LogP contribution in [0.3, 0.4) is 0 Å². The summed E-state index contributed by atoms with van der Waals surface area (Å²) in [5.74, 6) is 1.46. The first-order valence-electron chi connectivity index (χ1n) is 6.63. The molecule has 1 unspecified atom stereocenters. The molecule has 0 aliphatic carbocycles. The zero-order chi connectivity index (χ0) is 14.7. The van der Waals surface area contributed by atoms with Crippen LogP contribution in [-0.2, 0) is 7.05 Å². The molecule has 2 rings (SSSR count). The second-order valence-electron chi connectivity index (χ2n) is 5.11. The minimum absolute atomic E-state index is 0.423. The number of hydrogen-bond acceptors (Lipinski definition) is 3. The van der Waals surface area contributed by atoms with Crippen LogP contribution in [0.4, 0.5) is 0 Å². The number of nitrogens with zero attached hydrogens (tertiary/aromatic N) is 3. The maximum atomic E-state index is 9.52. The van der Waals surface area contributed by atoms with Crippen molar-refractivity contribution in [1.82, 2.24) is 9.55 Å². The first-order valence-corrected chi connectivity index (χ1v) is 6.63. The lowest BCUT2D eigenvalue weighted by atomic mass is 9.94. The molecule has 2 aromatic rings. The summed E-state index contributed by atoms with van der Waals surface area (Å²) in [7, 11) is 3.53. The van der Waals surface area contributed by atoms with Gasteiger partial charge in [-0.3, -0.25) is 0 Å². The third-order valence-electron chi connectivity index (χ3n) is 3.48. The summed E-state index contributed by atoms with van der Waals surface area (Å²) in [6.45, 7) is 4.27. The Morgan fingerprint density at radius 3 is 2.60 bits per heavy atom. The Kier molecular flexibility index (Phi) is 4.09. The molecule has 0 saturated heterocycles. The maximum Gasteiger partial charge on any atom is 0.133 e. The van der Waals surface area contributed by atoms with Crippen LogP contribution in [0.1, 0.15) is 42.6 Å². The van der Waals surface area contributed by atoms with Gasteiger partial charge >= 0.3 is 0 Å². The SMILES string of the molecule is COc1cc(C(C)C)ccc1C(C#N)c1nccn1C. The second-order valence-corrected chi connectivity index (χ2v) is 5.11. The van der Waals surface area contributed by atoms with Crippen molar-refractivity contribution in [2.24, 2.45) is 7.05 Å². The number of aryl methyl sites for hydroxylation is 1. The molecule has 0 amide bonds. The summed E-state index contributed by atoms with van der Waals surface area (Å²) in [6.07, 6.45) is 3.54. The van der Waals surface area contributed by atoms with E-state index in [0.717, 1.165) is 17.1 Å². The van der Waals surface area contributed by atoms with Crippen LogP contribution in [0.15, 0.2) is 30.6 Å². The topological polar surface area (TPSA) is 50.8 Å². The lowest BCUT2D eigenvalue weighted by Crippen LogP contribution is -2.08. The first-order chi connectivity index (χ1) is 9.58. The predicted molar refractivity (Wildman–Crippen MR) is 77.7 cm³/mol. The molecule has 20 heavy (non-hydrogen) atoms. The monoisotopic (exact) mass is 269 g/mol. The van der Waals surface area contributed by atoms with E-state index in [4.69, 9.17) is 4.74 Å². The van der Waals surface area contributed by atoms with Crippen LogP contribution in [0, 0.1) is 11.3 Å². The van der Waals surface area contributed by atoms with Gasteiger partial charge in [-0.25, -0.2) is 4.98 Å². The number of ether oxygens (including phenoxy) is 1. The summed E-state index contributed by atoms with van der Waals surface area (Å²) < 4.78 is 7.33. The predicted octanol–water partition coefficient (Wildman–Crippen LogP) is 3.21. The molecular weight excluding hydrogens is 250 g/mol. The Bertz CT molecular complexity index is 637. The van der Waals surface area contributed by atoms with Gasteiger partial charge in [0.2, 0.25) is 0 Å². The largest absolute Gasteiger partial charge is 0.496 e. The van der Waals surface area contributed by atoms with E-state index in [1.165, 1.54) is 5.56 Å². The summed E-state index contributed by atoms with van der Waals surface area (Å²) in [5, 5.41) is 9.52. The zero-order valence-corrected chi connectivity index (χ0v) is 12.3. The smallest absolute Gasteiger partial charge is 0.133 e. The molecule has 0 aliphatic rings. The first kappa shape index (κ1) is 14.1. The fourth-order valence-electron chi connectivity index (χ4n) is 2.25. The molecule has 1 aromatic carbocycles. The molecule has 1 atom stereocenters. The number of imidazole rings is 1. The van der Waals surface area contributed by atoms with Crippen molar-refractivity contribution in [3.8, 4) is 11.8 Å². The van der Waals surface area contributed by atoms with Crippen LogP contribution in [0.2, 0.25) is 0 Å². The van der Waals surface area contributed by atoms with Crippen LogP contribution in [0.5, 0.6) is 5.75 Å². The van der Waals surface area contributed by atoms with Crippen LogP contribution >= 0.6 is 0 Å². The molecule has 0 radical (unpaired) electrons. The molecule has 0 bridgehead atoms. The van der Waals surface area contributed by atoms with Crippen molar-refractivity contribution < 1.29 is 4.74 Å². The highest BCUT2D eigenvalue weighted by Crippen LogP contribution is 2.33. The van der Waals surface area contributed by atoms with Gasteiger partial charge in [-0.05, 0) is 17.5 Å². The average Bonchev–Trinajstić information content (AvgIpc) is 2.86. The number of nitriles is 1. The van der Waals surface area contributed by atoms with E-state index in [0.29, 0.717) is 5.92 Å². The van der Waals surface area contributed by atoms with Crippen LogP contribution in [0.25, 0.3) is 0 Å². The van der Waals surface area contributed by atoms with Crippen molar-refractivity contribution in [1.29, 1.82) is 5.26 Å². The summed E-state index contributed by atoms with van der Waals surface area (Å²) in [6, 6.07) is 8.35. The van der Waals surface area contributed by atoms with Crippen molar-refractivity contribution >= 4 is 0 Å².